The Morgan fingerprint density at radius 2 is 1.70 bits per heavy atom. The SMILES string of the molecule is CCOc1nc(OC(C)(C)C)ncc1B1OC(C)(C)C(C)(C)O1. The van der Waals surface area contributed by atoms with Crippen LogP contribution in [-0.2, 0) is 9.31 Å². The number of hydrogen-bond donors (Lipinski definition) is 0. The van der Waals surface area contributed by atoms with E-state index in [9.17, 15) is 0 Å². The van der Waals surface area contributed by atoms with Crippen molar-refractivity contribution >= 4 is 12.6 Å². The second-order valence-corrected chi connectivity index (χ2v) is 7.65. The molecule has 1 aliphatic heterocycles. The molecule has 0 amide bonds. The Morgan fingerprint density at radius 1 is 1.13 bits per heavy atom. The van der Waals surface area contributed by atoms with Gasteiger partial charge in [-0.05, 0) is 55.4 Å². The summed E-state index contributed by atoms with van der Waals surface area (Å²) in [4.78, 5) is 8.65. The predicted molar refractivity (Wildman–Crippen MR) is 89.3 cm³/mol. The topological polar surface area (TPSA) is 62.7 Å². The van der Waals surface area contributed by atoms with Crippen molar-refractivity contribution in [3.05, 3.63) is 6.20 Å². The fourth-order valence-corrected chi connectivity index (χ4v) is 2.07. The summed E-state index contributed by atoms with van der Waals surface area (Å²) in [6, 6.07) is 0.279. The van der Waals surface area contributed by atoms with Crippen LogP contribution in [0.4, 0.5) is 0 Å². The first-order chi connectivity index (χ1) is 10.5. The van der Waals surface area contributed by atoms with Crippen LogP contribution in [0.25, 0.3) is 0 Å². The van der Waals surface area contributed by atoms with E-state index in [-0.39, 0.29) is 11.6 Å². The fraction of sp³-hybridized carbons (Fsp3) is 0.750. The van der Waals surface area contributed by atoms with Crippen molar-refractivity contribution in [1.82, 2.24) is 9.97 Å². The van der Waals surface area contributed by atoms with Crippen LogP contribution in [0.2, 0.25) is 0 Å². The van der Waals surface area contributed by atoms with Crippen LogP contribution >= 0.6 is 0 Å². The third kappa shape index (κ3) is 3.95. The van der Waals surface area contributed by atoms with E-state index in [0.717, 1.165) is 0 Å². The van der Waals surface area contributed by atoms with Crippen molar-refractivity contribution < 1.29 is 18.8 Å². The molecule has 6 nitrogen and oxygen atoms in total. The molecule has 1 aromatic rings. The molecule has 0 radical (unpaired) electrons. The molecule has 0 saturated carbocycles. The summed E-state index contributed by atoms with van der Waals surface area (Å²) in [6.07, 6.45) is 1.65. The van der Waals surface area contributed by atoms with E-state index in [0.29, 0.717) is 17.9 Å². The largest absolute Gasteiger partial charge is 0.502 e. The number of rotatable bonds is 4. The average molecular weight is 322 g/mol. The van der Waals surface area contributed by atoms with Gasteiger partial charge in [0.2, 0.25) is 5.88 Å². The maximum absolute atomic E-state index is 6.05. The van der Waals surface area contributed by atoms with Gasteiger partial charge < -0.3 is 18.8 Å². The second kappa shape index (κ2) is 5.94. The van der Waals surface area contributed by atoms with Crippen molar-refractivity contribution in [2.24, 2.45) is 0 Å². The third-order valence-electron chi connectivity index (χ3n) is 3.94. The zero-order valence-electron chi connectivity index (χ0n) is 15.4. The normalized spacial score (nSPS) is 19.7. The average Bonchev–Trinajstić information content (AvgIpc) is 2.56. The van der Waals surface area contributed by atoms with Gasteiger partial charge in [-0.25, -0.2) is 4.98 Å². The molecule has 0 aromatic carbocycles. The van der Waals surface area contributed by atoms with Crippen LogP contribution < -0.4 is 14.9 Å². The van der Waals surface area contributed by atoms with Gasteiger partial charge in [0.25, 0.3) is 0 Å². The van der Waals surface area contributed by atoms with E-state index in [2.05, 4.69) is 9.97 Å². The predicted octanol–water partition coefficient (Wildman–Crippen LogP) is 2.35. The second-order valence-electron chi connectivity index (χ2n) is 7.65. The summed E-state index contributed by atoms with van der Waals surface area (Å²) in [7, 11) is -0.565. The molecule has 23 heavy (non-hydrogen) atoms. The molecule has 0 spiro atoms. The van der Waals surface area contributed by atoms with E-state index in [1.807, 2.05) is 55.4 Å². The van der Waals surface area contributed by atoms with Crippen molar-refractivity contribution in [2.45, 2.75) is 72.2 Å². The molecule has 0 unspecified atom stereocenters. The highest BCUT2D eigenvalue weighted by Crippen LogP contribution is 2.37. The van der Waals surface area contributed by atoms with Gasteiger partial charge in [0.05, 0.1) is 23.3 Å². The molecule has 1 fully saturated rings. The summed E-state index contributed by atoms with van der Waals surface area (Å²) in [5.41, 5.74) is -0.564. The molecule has 1 aromatic heterocycles. The van der Waals surface area contributed by atoms with Gasteiger partial charge in [-0.1, -0.05) is 0 Å². The molecule has 0 bridgehead atoms. The fourth-order valence-electron chi connectivity index (χ4n) is 2.07. The molecule has 1 aliphatic rings. The maximum atomic E-state index is 6.05. The molecule has 0 N–H and O–H groups in total. The number of aromatic nitrogens is 2. The van der Waals surface area contributed by atoms with Crippen molar-refractivity contribution in [1.29, 1.82) is 0 Å². The van der Waals surface area contributed by atoms with Crippen LogP contribution in [-0.4, -0.2) is 40.5 Å². The number of hydrogen-bond acceptors (Lipinski definition) is 6. The molecule has 1 saturated heterocycles. The minimum Gasteiger partial charge on any atom is -0.478 e. The Kier molecular flexibility index (Phi) is 4.65. The first-order valence-electron chi connectivity index (χ1n) is 7.99. The molecular formula is C16H27BN2O4. The molecule has 7 heteroatoms. The summed E-state index contributed by atoms with van der Waals surface area (Å²) in [6.45, 7) is 16.2. The summed E-state index contributed by atoms with van der Waals surface area (Å²) >= 11 is 0. The summed E-state index contributed by atoms with van der Waals surface area (Å²) < 4.78 is 23.5. The van der Waals surface area contributed by atoms with E-state index < -0.39 is 18.3 Å². The van der Waals surface area contributed by atoms with Gasteiger partial charge in [0.15, 0.2) is 0 Å². The Balaban J connectivity index is 2.32. The van der Waals surface area contributed by atoms with Crippen LogP contribution in [0, 0.1) is 0 Å². The van der Waals surface area contributed by atoms with Crippen molar-refractivity contribution in [2.75, 3.05) is 6.61 Å². The third-order valence-corrected chi connectivity index (χ3v) is 3.94. The Bertz CT molecular complexity index is 554. The smallest absolute Gasteiger partial charge is 0.478 e. The minimum atomic E-state index is -0.565. The van der Waals surface area contributed by atoms with Gasteiger partial charge in [-0.2, -0.15) is 4.98 Å². The van der Waals surface area contributed by atoms with Crippen LogP contribution in [0.3, 0.4) is 0 Å². The molecule has 2 rings (SSSR count). The Morgan fingerprint density at radius 3 is 2.17 bits per heavy atom. The van der Waals surface area contributed by atoms with Gasteiger partial charge in [0.1, 0.15) is 5.60 Å². The van der Waals surface area contributed by atoms with E-state index >= 15 is 0 Å². The molecular weight excluding hydrogens is 295 g/mol. The Labute approximate surface area is 139 Å². The molecule has 0 atom stereocenters. The summed E-state index contributed by atoms with van der Waals surface area (Å²) in [5, 5.41) is 0. The summed E-state index contributed by atoms with van der Waals surface area (Å²) in [5.74, 6) is 0.431. The lowest BCUT2D eigenvalue weighted by Gasteiger charge is -2.32. The van der Waals surface area contributed by atoms with E-state index in [1.54, 1.807) is 6.20 Å². The highest BCUT2D eigenvalue weighted by atomic mass is 16.7. The Hall–Kier alpha value is -1.34. The van der Waals surface area contributed by atoms with Crippen LogP contribution in [0.15, 0.2) is 6.20 Å². The lowest BCUT2D eigenvalue weighted by molar-refractivity contribution is 0.00578. The quantitative estimate of drug-likeness (QED) is 0.793. The molecule has 128 valence electrons. The van der Waals surface area contributed by atoms with Crippen LogP contribution in [0.5, 0.6) is 11.9 Å². The number of ether oxygens (including phenoxy) is 2. The van der Waals surface area contributed by atoms with E-state index in [4.69, 9.17) is 18.8 Å². The first-order valence-corrected chi connectivity index (χ1v) is 7.99. The zero-order valence-corrected chi connectivity index (χ0v) is 15.4. The monoisotopic (exact) mass is 322 g/mol. The maximum Gasteiger partial charge on any atom is 0.502 e. The standard InChI is InChI=1S/C16H27BN2O4/c1-9-20-12-11(10-18-13(19-12)21-14(2,3)4)17-22-15(5,6)16(7,8)23-17/h10H,9H2,1-8H3. The van der Waals surface area contributed by atoms with Crippen molar-refractivity contribution in [3.63, 3.8) is 0 Å². The first kappa shape index (κ1) is 18.0. The molecule has 0 aliphatic carbocycles. The zero-order chi connectivity index (χ0) is 17.5. The highest BCUT2D eigenvalue weighted by Gasteiger charge is 2.53. The lowest BCUT2D eigenvalue weighted by Crippen LogP contribution is -2.41. The van der Waals surface area contributed by atoms with Crippen LogP contribution in [0.1, 0.15) is 55.4 Å². The highest BCUT2D eigenvalue weighted by molar-refractivity contribution is 6.63. The molecule has 2 heterocycles. The lowest BCUT2D eigenvalue weighted by atomic mass is 9.81. The van der Waals surface area contributed by atoms with Gasteiger partial charge in [0, 0.05) is 6.20 Å². The minimum absolute atomic E-state index is 0.279. The van der Waals surface area contributed by atoms with Gasteiger partial charge in [-0.15, -0.1) is 0 Å². The van der Waals surface area contributed by atoms with Gasteiger partial charge >= 0.3 is 13.1 Å². The number of nitrogens with zero attached hydrogens (tertiary/aromatic N) is 2. The van der Waals surface area contributed by atoms with E-state index in [1.165, 1.54) is 0 Å². The van der Waals surface area contributed by atoms with Crippen molar-refractivity contribution in [3.8, 4) is 11.9 Å². The van der Waals surface area contributed by atoms with Gasteiger partial charge in [-0.3, -0.25) is 0 Å².